The van der Waals surface area contributed by atoms with Crippen LogP contribution in [0.1, 0.15) is 31.6 Å². The summed E-state index contributed by atoms with van der Waals surface area (Å²) < 4.78 is 10.8. The molecule has 2 N–H and O–H groups in total. The fourth-order valence-corrected chi connectivity index (χ4v) is 3.26. The van der Waals surface area contributed by atoms with Crippen LogP contribution in [0, 0.1) is 5.41 Å². The fraction of sp³-hybridized carbons (Fsp3) is 0.688. The van der Waals surface area contributed by atoms with Gasteiger partial charge < -0.3 is 24.5 Å². The summed E-state index contributed by atoms with van der Waals surface area (Å²) in [6.07, 6.45) is 3.16. The van der Waals surface area contributed by atoms with Crippen molar-refractivity contribution in [2.45, 2.75) is 25.9 Å². The number of nitrogens with one attached hydrogen (secondary N) is 1. The van der Waals surface area contributed by atoms with Gasteiger partial charge >= 0.3 is 0 Å². The van der Waals surface area contributed by atoms with E-state index in [1.54, 1.807) is 18.4 Å². The highest BCUT2D eigenvalue weighted by atomic mass is 16.5. The monoisotopic (exact) mass is 307 g/mol. The van der Waals surface area contributed by atoms with E-state index >= 15 is 0 Å². The number of likely N-dealkylation sites (tertiary alicyclic amines) is 1. The van der Waals surface area contributed by atoms with E-state index < -0.39 is 6.10 Å². The Morgan fingerprint density at radius 1 is 1.55 bits per heavy atom. The van der Waals surface area contributed by atoms with Gasteiger partial charge in [0.25, 0.3) is 0 Å². The summed E-state index contributed by atoms with van der Waals surface area (Å²) in [6.45, 7) is 6.88. The van der Waals surface area contributed by atoms with E-state index in [0.717, 1.165) is 51.6 Å². The Hall–Kier alpha value is -1.53. The Morgan fingerprint density at radius 2 is 2.45 bits per heavy atom. The van der Waals surface area contributed by atoms with Crippen LogP contribution in [0.3, 0.4) is 0 Å². The van der Waals surface area contributed by atoms with Crippen molar-refractivity contribution in [3.63, 3.8) is 0 Å². The summed E-state index contributed by atoms with van der Waals surface area (Å²) in [6, 6.07) is 3.55. The third kappa shape index (κ3) is 3.28. The van der Waals surface area contributed by atoms with Crippen LogP contribution in [-0.4, -0.2) is 55.4 Å². The quantitative estimate of drug-likeness (QED) is 0.650. The molecule has 1 spiro atoms. The molecular weight excluding hydrogens is 282 g/mol. The zero-order chi connectivity index (χ0) is 15.4. The molecule has 0 aliphatic carbocycles. The number of furan rings is 1. The first-order valence-corrected chi connectivity index (χ1v) is 8.05. The fourth-order valence-electron chi connectivity index (χ4n) is 3.26. The van der Waals surface area contributed by atoms with Crippen LogP contribution in [0.5, 0.6) is 0 Å². The molecule has 2 saturated heterocycles. The summed E-state index contributed by atoms with van der Waals surface area (Å²) in [5.41, 5.74) is 0.301. The third-order valence-corrected chi connectivity index (χ3v) is 4.54. The summed E-state index contributed by atoms with van der Waals surface area (Å²) in [4.78, 5) is 6.87. The molecule has 3 rings (SSSR count). The zero-order valence-electron chi connectivity index (χ0n) is 13.1. The highest BCUT2D eigenvalue weighted by molar-refractivity contribution is 5.80. The van der Waals surface area contributed by atoms with Crippen molar-refractivity contribution >= 4 is 5.96 Å². The molecule has 2 atom stereocenters. The first kappa shape index (κ1) is 15.4. The van der Waals surface area contributed by atoms with Gasteiger partial charge in [-0.1, -0.05) is 0 Å². The highest BCUT2D eigenvalue weighted by Crippen LogP contribution is 2.38. The standard InChI is InChI=1S/C16H25N3O3/c1-2-17-15(18-10-13(20)14-4-3-8-22-14)19-7-5-16(11-19)6-9-21-12-16/h3-4,8,13,20H,2,5-7,9-12H2,1H3,(H,17,18). The number of hydrogen-bond acceptors (Lipinski definition) is 4. The van der Waals surface area contributed by atoms with Gasteiger partial charge in [-0.3, -0.25) is 0 Å². The van der Waals surface area contributed by atoms with Crippen LogP contribution < -0.4 is 5.32 Å². The number of aliphatic hydroxyl groups is 1. The van der Waals surface area contributed by atoms with E-state index in [-0.39, 0.29) is 0 Å². The van der Waals surface area contributed by atoms with Crippen molar-refractivity contribution in [3.05, 3.63) is 24.2 Å². The molecular formula is C16H25N3O3. The summed E-state index contributed by atoms with van der Waals surface area (Å²) in [5.74, 6) is 1.43. The smallest absolute Gasteiger partial charge is 0.194 e. The summed E-state index contributed by atoms with van der Waals surface area (Å²) in [7, 11) is 0. The molecule has 0 saturated carbocycles. The first-order chi connectivity index (χ1) is 10.7. The van der Waals surface area contributed by atoms with Gasteiger partial charge in [-0.25, -0.2) is 4.99 Å². The SMILES string of the molecule is CCNC(=NCC(O)c1ccco1)N1CCC2(CCOC2)C1. The van der Waals surface area contributed by atoms with Gasteiger partial charge in [0.2, 0.25) is 0 Å². The van der Waals surface area contributed by atoms with Crippen molar-refractivity contribution in [2.75, 3.05) is 39.4 Å². The van der Waals surface area contributed by atoms with Gasteiger partial charge in [0.15, 0.2) is 5.96 Å². The first-order valence-electron chi connectivity index (χ1n) is 8.05. The maximum Gasteiger partial charge on any atom is 0.194 e. The van der Waals surface area contributed by atoms with E-state index in [1.165, 1.54) is 0 Å². The Kier molecular flexibility index (Phi) is 4.69. The number of nitrogens with zero attached hydrogens (tertiary/aromatic N) is 2. The number of hydrogen-bond donors (Lipinski definition) is 2. The number of ether oxygens (including phenoxy) is 1. The van der Waals surface area contributed by atoms with E-state index in [4.69, 9.17) is 9.15 Å². The van der Waals surface area contributed by atoms with E-state index in [1.807, 2.05) is 0 Å². The van der Waals surface area contributed by atoms with Crippen molar-refractivity contribution in [1.29, 1.82) is 0 Å². The van der Waals surface area contributed by atoms with E-state index in [0.29, 0.717) is 17.7 Å². The second kappa shape index (κ2) is 6.71. The van der Waals surface area contributed by atoms with Crippen molar-refractivity contribution in [1.82, 2.24) is 10.2 Å². The molecule has 2 aliphatic rings. The summed E-state index contributed by atoms with van der Waals surface area (Å²) in [5, 5.41) is 13.4. The molecule has 6 heteroatoms. The van der Waals surface area contributed by atoms with Gasteiger partial charge in [-0.05, 0) is 31.9 Å². The second-order valence-electron chi connectivity index (χ2n) is 6.20. The van der Waals surface area contributed by atoms with Gasteiger partial charge in [-0.2, -0.15) is 0 Å². The minimum atomic E-state index is -0.699. The van der Waals surface area contributed by atoms with Crippen molar-refractivity contribution in [3.8, 4) is 0 Å². The van der Waals surface area contributed by atoms with Gasteiger partial charge in [0, 0.05) is 31.7 Å². The summed E-state index contributed by atoms with van der Waals surface area (Å²) >= 11 is 0. The normalized spacial score (nSPS) is 26.8. The van der Waals surface area contributed by atoms with Crippen molar-refractivity contribution < 1.29 is 14.3 Å². The zero-order valence-corrected chi connectivity index (χ0v) is 13.1. The highest BCUT2D eigenvalue weighted by Gasteiger charge is 2.42. The molecule has 0 bridgehead atoms. The molecule has 22 heavy (non-hydrogen) atoms. The lowest BCUT2D eigenvalue weighted by molar-refractivity contribution is 0.155. The Bertz CT molecular complexity index is 495. The predicted molar refractivity (Wildman–Crippen MR) is 83.7 cm³/mol. The molecule has 1 aromatic rings. The molecule has 2 fully saturated rings. The van der Waals surface area contributed by atoms with Gasteiger partial charge in [0.05, 0.1) is 19.4 Å². The average molecular weight is 307 g/mol. The lowest BCUT2D eigenvalue weighted by Crippen LogP contribution is -2.41. The van der Waals surface area contributed by atoms with Crippen LogP contribution in [0.25, 0.3) is 0 Å². The minimum absolute atomic E-state index is 0.301. The molecule has 2 unspecified atom stereocenters. The number of aliphatic imine (C=N–C) groups is 1. The maximum absolute atomic E-state index is 10.1. The largest absolute Gasteiger partial charge is 0.467 e. The van der Waals surface area contributed by atoms with Gasteiger partial charge in [-0.15, -0.1) is 0 Å². The van der Waals surface area contributed by atoms with Crippen LogP contribution >= 0.6 is 0 Å². The molecule has 0 aromatic carbocycles. The Balaban J connectivity index is 1.63. The molecule has 2 aliphatic heterocycles. The molecule has 0 radical (unpaired) electrons. The molecule has 3 heterocycles. The Labute approximate surface area is 131 Å². The second-order valence-corrected chi connectivity index (χ2v) is 6.20. The van der Waals surface area contributed by atoms with Crippen LogP contribution in [-0.2, 0) is 4.74 Å². The van der Waals surface area contributed by atoms with E-state index in [9.17, 15) is 5.11 Å². The van der Waals surface area contributed by atoms with Crippen LogP contribution in [0.2, 0.25) is 0 Å². The number of aliphatic hydroxyl groups excluding tert-OH is 1. The van der Waals surface area contributed by atoms with Gasteiger partial charge in [0.1, 0.15) is 11.9 Å². The number of rotatable bonds is 4. The average Bonchev–Trinajstić information content (AvgIpc) is 3.27. The number of guanidine groups is 1. The topological polar surface area (TPSA) is 70.2 Å². The molecule has 0 amide bonds. The molecule has 6 nitrogen and oxygen atoms in total. The van der Waals surface area contributed by atoms with Crippen LogP contribution in [0.4, 0.5) is 0 Å². The Morgan fingerprint density at radius 3 is 3.14 bits per heavy atom. The third-order valence-electron chi connectivity index (χ3n) is 4.54. The van der Waals surface area contributed by atoms with E-state index in [2.05, 4.69) is 22.1 Å². The predicted octanol–water partition coefficient (Wildman–Crippen LogP) is 1.39. The molecule has 1 aromatic heterocycles. The van der Waals surface area contributed by atoms with Crippen LogP contribution in [0.15, 0.2) is 27.8 Å². The lowest BCUT2D eigenvalue weighted by Gasteiger charge is -2.25. The molecule has 122 valence electrons. The van der Waals surface area contributed by atoms with Crippen molar-refractivity contribution in [2.24, 2.45) is 10.4 Å². The maximum atomic E-state index is 10.1. The minimum Gasteiger partial charge on any atom is -0.467 e. The lowest BCUT2D eigenvalue weighted by atomic mass is 9.87.